The summed E-state index contributed by atoms with van der Waals surface area (Å²) in [4.78, 5) is 12.4. The Balaban J connectivity index is 1.57. The number of rotatable bonds is 7. The maximum absolute atomic E-state index is 12.4. The van der Waals surface area contributed by atoms with E-state index < -0.39 is 0 Å². The van der Waals surface area contributed by atoms with Crippen LogP contribution in [0.25, 0.3) is 0 Å². The number of ether oxygens (including phenoxy) is 2. The van der Waals surface area contributed by atoms with Crippen LogP contribution in [0.2, 0.25) is 0 Å². The third kappa shape index (κ3) is 3.28. The number of para-hydroxylation sites is 1. The summed E-state index contributed by atoms with van der Waals surface area (Å²) >= 11 is 0. The van der Waals surface area contributed by atoms with Crippen LogP contribution in [0.15, 0.2) is 24.3 Å². The minimum absolute atomic E-state index is 0.134. The molecule has 2 aliphatic carbocycles. The van der Waals surface area contributed by atoms with Gasteiger partial charge in [-0.3, -0.25) is 0 Å². The molecule has 3 rings (SSSR count). The molecule has 1 aromatic carbocycles. The Morgan fingerprint density at radius 2 is 2.04 bits per heavy atom. The SMILES string of the molecule is CCOCc1ccccc1NC(=O)NC1CC(OCC)C12CCC2. The fourth-order valence-electron chi connectivity index (χ4n) is 3.94. The highest BCUT2D eigenvalue weighted by atomic mass is 16.5. The fraction of sp³-hybridized carbons (Fsp3) is 0.632. The quantitative estimate of drug-likeness (QED) is 0.800. The summed E-state index contributed by atoms with van der Waals surface area (Å²) in [6.07, 6.45) is 4.78. The molecular weight excluding hydrogens is 304 g/mol. The second-order valence-electron chi connectivity index (χ2n) is 6.71. The molecule has 2 amide bonds. The molecule has 0 aliphatic heterocycles. The van der Waals surface area contributed by atoms with Crippen molar-refractivity contribution in [2.24, 2.45) is 5.41 Å². The lowest BCUT2D eigenvalue weighted by Crippen LogP contribution is -2.68. The fourth-order valence-corrected chi connectivity index (χ4v) is 3.94. The molecule has 5 heteroatoms. The van der Waals surface area contributed by atoms with E-state index >= 15 is 0 Å². The van der Waals surface area contributed by atoms with Crippen molar-refractivity contribution in [3.63, 3.8) is 0 Å². The summed E-state index contributed by atoms with van der Waals surface area (Å²) in [7, 11) is 0. The summed E-state index contributed by atoms with van der Waals surface area (Å²) in [6.45, 7) is 5.91. The standard InChI is InChI=1S/C19H28N2O3/c1-3-23-13-14-8-5-6-9-15(14)20-18(22)21-16-12-17(24-4-2)19(16)10-7-11-19/h5-6,8-9,16-17H,3-4,7,10-13H2,1-2H3,(H2,20,21,22). The van der Waals surface area contributed by atoms with Gasteiger partial charge in [-0.1, -0.05) is 24.6 Å². The van der Waals surface area contributed by atoms with E-state index in [1.165, 1.54) is 6.42 Å². The van der Waals surface area contributed by atoms with Gasteiger partial charge in [0.15, 0.2) is 0 Å². The van der Waals surface area contributed by atoms with Crippen LogP contribution in [0.4, 0.5) is 10.5 Å². The molecule has 2 saturated carbocycles. The molecule has 2 aliphatic rings. The van der Waals surface area contributed by atoms with Gasteiger partial charge in [-0.05, 0) is 39.2 Å². The normalized spacial score (nSPS) is 24.1. The van der Waals surface area contributed by atoms with Gasteiger partial charge in [0.1, 0.15) is 0 Å². The number of hydrogen-bond donors (Lipinski definition) is 2. The summed E-state index contributed by atoms with van der Waals surface area (Å²) in [5, 5.41) is 6.14. The minimum Gasteiger partial charge on any atom is -0.378 e. The molecule has 2 atom stereocenters. The molecule has 24 heavy (non-hydrogen) atoms. The molecule has 0 radical (unpaired) electrons. The molecule has 132 valence electrons. The van der Waals surface area contributed by atoms with E-state index in [-0.39, 0.29) is 17.5 Å². The Bertz CT molecular complexity index is 571. The number of benzene rings is 1. The van der Waals surface area contributed by atoms with E-state index in [2.05, 4.69) is 10.6 Å². The van der Waals surface area contributed by atoms with Crippen LogP contribution in [-0.2, 0) is 16.1 Å². The van der Waals surface area contributed by atoms with E-state index in [4.69, 9.17) is 9.47 Å². The molecular formula is C19H28N2O3. The Hall–Kier alpha value is -1.59. The molecule has 0 saturated heterocycles. The Labute approximate surface area is 144 Å². The monoisotopic (exact) mass is 332 g/mol. The van der Waals surface area contributed by atoms with Crippen LogP contribution in [0.3, 0.4) is 0 Å². The highest BCUT2D eigenvalue weighted by molar-refractivity contribution is 5.90. The maximum Gasteiger partial charge on any atom is 0.319 e. The Morgan fingerprint density at radius 3 is 2.71 bits per heavy atom. The number of amides is 2. The highest BCUT2D eigenvalue weighted by Gasteiger charge is 2.59. The zero-order valence-electron chi connectivity index (χ0n) is 14.6. The van der Waals surface area contributed by atoms with E-state index in [1.807, 2.05) is 38.1 Å². The van der Waals surface area contributed by atoms with Crippen molar-refractivity contribution >= 4 is 11.7 Å². The molecule has 0 heterocycles. The molecule has 2 N–H and O–H groups in total. The smallest absolute Gasteiger partial charge is 0.319 e. The first-order valence-electron chi connectivity index (χ1n) is 9.04. The van der Waals surface area contributed by atoms with Gasteiger partial charge in [0, 0.05) is 35.9 Å². The van der Waals surface area contributed by atoms with E-state index in [0.717, 1.165) is 37.1 Å². The van der Waals surface area contributed by atoms with E-state index in [9.17, 15) is 4.79 Å². The van der Waals surface area contributed by atoms with Crippen LogP contribution < -0.4 is 10.6 Å². The average Bonchev–Trinajstić information content (AvgIpc) is 2.51. The van der Waals surface area contributed by atoms with E-state index in [0.29, 0.717) is 19.3 Å². The van der Waals surface area contributed by atoms with Gasteiger partial charge in [-0.15, -0.1) is 0 Å². The minimum atomic E-state index is -0.134. The predicted octanol–water partition coefficient (Wildman–Crippen LogP) is 3.69. The van der Waals surface area contributed by atoms with Crippen LogP contribution in [-0.4, -0.2) is 31.4 Å². The van der Waals surface area contributed by atoms with Gasteiger partial charge in [0.25, 0.3) is 0 Å². The number of carbonyl (C=O) groups excluding carboxylic acids is 1. The van der Waals surface area contributed by atoms with Crippen molar-refractivity contribution < 1.29 is 14.3 Å². The lowest BCUT2D eigenvalue weighted by Gasteiger charge is -2.60. The van der Waals surface area contributed by atoms with Crippen LogP contribution >= 0.6 is 0 Å². The third-order valence-corrected chi connectivity index (χ3v) is 5.47. The summed E-state index contributed by atoms with van der Waals surface area (Å²) in [5.41, 5.74) is 1.98. The van der Waals surface area contributed by atoms with Crippen molar-refractivity contribution in [2.45, 2.75) is 58.3 Å². The van der Waals surface area contributed by atoms with Crippen molar-refractivity contribution in [3.05, 3.63) is 29.8 Å². The van der Waals surface area contributed by atoms with Gasteiger partial charge < -0.3 is 20.1 Å². The molecule has 0 aromatic heterocycles. The first kappa shape index (κ1) is 17.2. The number of carbonyl (C=O) groups is 1. The number of anilines is 1. The topological polar surface area (TPSA) is 59.6 Å². The highest BCUT2D eigenvalue weighted by Crippen LogP contribution is 2.57. The van der Waals surface area contributed by atoms with Crippen molar-refractivity contribution in [1.82, 2.24) is 5.32 Å². The molecule has 0 bridgehead atoms. The lowest BCUT2D eigenvalue weighted by atomic mass is 9.51. The first-order valence-corrected chi connectivity index (χ1v) is 9.04. The van der Waals surface area contributed by atoms with Crippen molar-refractivity contribution in [1.29, 1.82) is 0 Å². The van der Waals surface area contributed by atoms with Gasteiger partial charge in [-0.2, -0.15) is 0 Å². The number of urea groups is 1. The van der Waals surface area contributed by atoms with Crippen molar-refractivity contribution in [3.8, 4) is 0 Å². The van der Waals surface area contributed by atoms with Crippen LogP contribution in [0.5, 0.6) is 0 Å². The largest absolute Gasteiger partial charge is 0.378 e. The summed E-state index contributed by atoms with van der Waals surface area (Å²) in [6, 6.07) is 7.86. The number of nitrogens with one attached hydrogen (secondary N) is 2. The lowest BCUT2D eigenvalue weighted by molar-refractivity contribution is -0.169. The average molecular weight is 332 g/mol. The third-order valence-electron chi connectivity index (χ3n) is 5.47. The Kier molecular flexibility index (Phi) is 5.41. The van der Waals surface area contributed by atoms with Gasteiger partial charge in [-0.25, -0.2) is 4.79 Å². The van der Waals surface area contributed by atoms with Crippen LogP contribution in [0.1, 0.15) is 45.1 Å². The first-order chi connectivity index (χ1) is 11.7. The predicted molar refractivity (Wildman–Crippen MR) is 94.0 cm³/mol. The van der Waals surface area contributed by atoms with Crippen molar-refractivity contribution in [2.75, 3.05) is 18.5 Å². The molecule has 1 spiro atoms. The van der Waals surface area contributed by atoms with E-state index in [1.54, 1.807) is 0 Å². The summed E-state index contributed by atoms with van der Waals surface area (Å²) in [5.74, 6) is 0. The van der Waals surface area contributed by atoms with Crippen LogP contribution in [0, 0.1) is 5.41 Å². The molecule has 2 fully saturated rings. The summed E-state index contributed by atoms with van der Waals surface area (Å²) < 4.78 is 11.3. The number of hydrogen-bond acceptors (Lipinski definition) is 3. The van der Waals surface area contributed by atoms with Gasteiger partial charge in [0.05, 0.1) is 12.7 Å². The Morgan fingerprint density at radius 1 is 1.25 bits per heavy atom. The van der Waals surface area contributed by atoms with Gasteiger partial charge in [0.2, 0.25) is 0 Å². The molecule has 5 nitrogen and oxygen atoms in total. The zero-order valence-corrected chi connectivity index (χ0v) is 14.6. The second-order valence-corrected chi connectivity index (χ2v) is 6.71. The second kappa shape index (κ2) is 7.53. The maximum atomic E-state index is 12.4. The van der Waals surface area contributed by atoms with Gasteiger partial charge >= 0.3 is 6.03 Å². The zero-order chi connectivity index (χ0) is 17.0. The molecule has 1 aromatic rings. The molecule has 2 unspecified atom stereocenters.